The molecule has 0 saturated heterocycles. The molecule has 0 fully saturated rings. The SMILES string of the molecule is COc1ccc2c(c1)Cc1cc(C)[nH]c1-2. The highest BCUT2D eigenvalue weighted by atomic mass is 16.5. The third kappa shape index (κ3) is 1.18. The van der Waals surface area contributed by atoms with Crippen molar-refractivity contribution in [2.45, 2.75) is 13.3 Å². The largest absolute Gasteiger partial charge is 0.497 e. The molecule has 0 amide bonds. The van der Waals surface area contributed by atoms with Gasteiger partial charge in [0.1, 0.15) is 5.75 Å². The van der Waals surface area contributed by atoms with Crippen molar-refractivity contribution in [1.82, 2.24) is 4.98 Å². The molecule has 0 aliphatic heterocycles. The van der Waals surface area contributed by atoms with Crippen LogP contribution in [0.5, 0.6) is 5.75 Å². The maximum absolute atomic E-state index is 5.23. The molecule has 2 heteroatoms. The van der Waals surface area contributed by atoms with E-state index in [1.165, 1.54) is 28.1 Å². The minimum Gasteiger partial charge on any atom is -0.497 e. The second-order valence-electron chi connectivity index (χ2n) is 4.05. The van der Waals surface area contributed by atoms with E-state index in [1.807, 2.05) is 6.07 Å². The number of hydrogen-bond acceptors (Lipinski definition) is 1. The Morgan fingerprint density at radius 2 is 2.07 bits per heavy atom. The molecule has 3 rings (SSSR count). The minimum atomic E-state index is 0.940. The third-order valence-electron chi connectivity index (χ3n) is 3.00. The van der Waals surface area contributed by atoms with E-state index in [-0.39, 0.29) is 0 Å². The molecule has 0 bridgehead atoms. The van der Waals surface area contributed by atoms with Crippen LogP contribution < -0.4 is 4.74 Å². The van der Waals surface area contributed by atoms with Gasteiger partial charge in [-0.25, -0.2) is 0 Å². The van der Waals surface area contributed by atoms with Gasteiger partial charge >= 0.3 is 0 Å². The highest BCUT2D eigenvalue weighted by Crippen LogP contribution is 2.37. The zero-order valence-electron chi connectivity index (χ0n) is 8.92. The van der Waals surface area contributed by atoms with Gasteiger partial charge < -0.3 is 9.72 Å². The van der Waals surface area contributed by atoms with Crippen LogP contribution in [0.25, 0.3) is 11.3 Å². The summed E-state index contributed by atoms with van der Waals surface area (Å²) >= 11 is 0. The number of aromatic nitrogens is 1. The third-order valence-corrected chi connectivity index (χ3v) is 3.00. The second-order valence-corrected chi connectivity index (χ2v) is 4.05. The number of rotatable bonds is 1. The number of aromatic amines is 1. The summed E-state index contributed by atoms with van der Waals surface area (Å²) in [5.41, 5.74) is 6.59. The molecule has 0 unspecified atom stereocenters. The topological polar surface area (TPSA) is 25.0 Å². The van der Waals surface area contributed by atoms with Crippen molar-refractivity contribution in [3.05, 3.63) is 41.1 Å². The van der Waals surface area contributed by atoms with Crippen LogP contribution in [0.15, 0.2) is 24.3 Å². The zero-order chi connectivity index (χ0) is 10.4. The Kier molecular flexibility index (Phi) is 1.66. The van der Waals surface area contributed by atoms with E-state index in [0.717, 1.165) is 12.2 Å². The van der Waals surface area contributed by atoms with Crippen LogP contribution >= 0.6 is 0 Å². The molecular weight excluding hydrogens is 186 g/mol. The molecule has 1 aliphatic rings. The summed E-state index contributed by atoms with van der Waals surface area (Å²) in [6.07, 6.45) is 1.02. The van der Waals surface area contributed by atoms with Crippen LogP contribution in [-0.4, -0.2) is 12.1 Å². The van der Waals surface area contributed by atoms with Gasteiger partial charge in [0, 0.05) is 23.4 Å². The van der Waals surface area contributed by atoms with Gasteiger partial charge in [-0.2, -0.15) is 0 Å². The predicted octanol–water partition coefficient (Wildman–Crippen LogP) is 2.90. The number of nitrogens with one attached hydrogen (secondary N) is 1. The maximum atomic E-state index is 5.23. The number of hydrogen-bond donors (Lipinski definition) is 1. The fourth-order valence-corrected chi connectivity index (χ4v) is 2.32. The van der Waals surface area contributed by atoms with Crippen molar-refractivity contribution in [2.75, 3.05) is 7.11 Å². The molecule has 76 valence electrons. The molecule has 15 heavy (non-hydrogen) atoms. The Hall–Kier alpha value is -1.70. The van der Waals surface area contributed by atoms with Crippen LogP contribution in [0.3, 0.4) is 0 Å². The van der Waals surface area contributed by atoms with Crippen LogP contribution in [-0.2, 0) is 6.42 Å². The van der Waals surface area contributed by atoms with Crippen molar-refractivity contribution >= 4 is 0 Å². The molecule has 0 saturated carbocycles. The van der Waals surface area contributed by atoms with E-state index in [4.69, 9.17) is 4.74 Å². The summed E-state index contributed by atoms with van der Waals surface area (Å²) in [7, 11) is 1.71. The van der Waals surface area contributed by atoms with Crippen molar-refractivity contribution in [3.63, 3.8) is 0 Å². The Bertz CT molecular complexity index is 525. The minimum absolute atomic E-state index is 0.940. The first-order valence-electron chi connectivity index (χ1n) is 5.13. The fourth-order valence-electron chi connectivity index (χ4n) is 2.32. The highest BCUT2D eigenvalue weighted by molar-refractivity contribution is 5.75. The molecule has 0 atom stereocenters. The van der Waals surface area contributed by atoms with Crippen molar-refractivity contribution in [3.8, 4) is 17.0 Å². The van der Waals surface area contributed by atoms with Crippen molar-refractivity contribution < 1.29 is 4.74 Å². The lowest BCUT2D eigenvalue weighted by molar-refractivity contribution is 0.414. The summed E-state index contributed by atoms with van der Waals surface area (Å²) < 4.78 is 5.23. The summed E-state index contributed by atoms with van der Waals surface area (Å²) in [5.74, 6) is 0.940. The zero-order valence-corrected chi connectivity index (χ0v) is 8.92. The number of ether oxygens (including phenoxy) is 1. The molecule has 2 aromatic rings. The predicted molar refractivity (Wildman–Crippen MR) is 60.3 cm³/mol. The van der Waals surface area contributed by atoms with Gasteiger partial charge in [0.2, 0.25) is 0 Å². The molecule has 1 aliphatic carbocycles. The van der Waals surface area contributed by atoms with Gasteiger partial charge in [-0.1, -0.05) is 0 Å². The number of methoxy groups -OCH3 is 1. The first-order chi connectivity index (χ1) is 7.28. The average molecular weight is 199 g/mol. The van der Waals surface area contributed by atoms with Crippen LogP contribution in [0.1, 0.15) is 16.8 Å². The van der Waals surface area contributed by atoms with Gasteiger partial charge in [-0.15, -0.1) is 0 Å². The normalized spacial score (nSPS) is 12.4. The maximum Gasteiger partial charge on any atom is 0.119 e. The lowest BCUT2D eigenvalue weighted by Crippen LogP contribution is -1.86. The van der Waals surface area contributed by atoms with E-state index < -0.39 is 0 Å². The second kappa shape index (κ2) is 2.89. The summed E-state index contributed by atoms with van der Waals surface area (Å²) in [6.45, 7) is 2.10. The number of benzene rings is 1. The first-order valence-corrected chi connectivity index (χ1v) is 5.13. The molecular formula is C13H13NO. The summed E-state index contributed by atoms with van der Waals surface area (Å²) in [4.78, 5) is 3.41. The summed E-state index contributed by atoms with van der Waals surface area (Å²) in [6, 6.07) is 8.50. The lowest BCUT2D eigenvalue weighted by Gasteiger charge is -2.03. The van der Waals surface area contributed by atoms with Gasteiger partial charge in [0.15, 0.2) is 0 Å². The molecule has 1 aromatic heterocycles. The number of fused-ring (bicyclic) bond motifs is 3. The smallest absolute Gasteiger partial charge is 0.119 e. The van der Waals surface area contributed by atoms with Crippen LogP contribution in [0, 0.1) is 6.92 Å². The fraction of sp³-hybridized carbons (Fsp3) is 0.231. The summed E-state index contributed by atoms with van der Waals surface area (Å²) in [5, 5.41) is 0. The van der Waals surface area contributed by atoms with Crippen LogP contribution in [0.4, 0.5) is 0 Å². The van der Waals surface area contributed by atoms with Gasteiger partial charge in [0.05, 0.1) is 7.11 Å². The molecule has 0 radical (unpaired) electrons. The van der Waals surface area contributed by atoms with Crippen LogP contribution in [0.2, 0.25) is 0 Å². The average Bonchev–Trinajstić information content (AvgIpc) is 2.72. The first kappa shape index (κ1) is 8.60. The van der Waals surface area contributed by atoms with Gasteiger partial charge in [-0.05, 0) is 42.3 Å². The lowest BCUT2D eigenvalue weighted by atomic mass is 10.1. The van der Waals surface area contributed by atoms with E-state index in [2.05, 4.69) is 30.1 Å². The van der Waals surface area contributed by atoms with E-state index in [1.54, 1.807) is 7.11 Å². The van der Waals surface area contributed by atoms with Crippen molar-refractivity contribution in [2.24, 2.45) is 0 Å². The highest BCUT2D eigenvalue weighted by Gasteiger charge is 2.20. The molecule has 2 nitrogen and oxygen atoms in total. The molecule has 1 N–H and O–H groups in total. The van der Waals surface area contributed by atoms with Gasteiger partial charge in [-0.3, -0.25) is 0 Å². The standard InChI is InChI=1S/C13H13NO/c1-8-5-10-6-9-7-11(15-2)3-4-12(9)13(10)14-8/h3-5,7,14H,6H2,1-2H3. The molecule has 0 spiro atoms. The Morgan fingerprint density at radius 1 is 1.20 bits per heavy atom. The van der Waals surface area contributed by atoms with E-state index in [0.29, 0.717) is 0 Å². The Morgan fingerprint density at radius 3 is 2.87 bits per heavy atom. The molecule has 1 aromatic carbocycles. The number of aryl methyl sites for hydroxylation is 1. The van der Waals surface area contributed by atoms with Gasteiger partial charge in [0.25, 0.3) is 0 Å². The van der Waals surface area contributed by atoms with Crippen molar-refractivity contribution in [1.29, 1.82) is 0 Å². The monoisotopic (exact) mass is 199 g/mol. The van der Waals surface area contributed by atoms with E-state index in [9.17, 15) is 0 Å². The molecule has 1 heterocycles. The van der Waals surface area contributed by atoms with E-state index >= 15 is 0 Å². The Labute approximate surface area is 88.9 Å². The quantitative estimate of drug-likeness (QED) is 0.640. The Balaban J connectivity index is 2.16. The number of H-pyrrole nitrogens is 1.